The molecule has 110 valence electrons. The molecule has 0 spiro atoms. The van der Waals surface area contributed by atoms with Gasteiger partial charge < -0.3 is 10.1 Å². The van der Waals surface area contributed by atoms with Gasteiger partial charge in [0.1, 0.15) is 5.82 Å². The van der Waals surface area contributed by atoms with Crippen LogP contribution in [-0.4, -0.2) is 13.1 Å². The van der Waals surface area contributed by atoms with Gasteiger partial charge in [0.15, 0.2) is 5.54 Å². The Morgan fingerprint density at radius 3 is 2.48 bits per heavy atom. The van der Waals surface area contributed by atoms with Crippen LogP contribution in [0.3, 0.4) is 0 Å². The van der Waals surface area contributed by atoms with Crippen molar-refractivity contribution in [3.8, 4) is 0 Å². The SMILES string of the molecule is COC(=O)C(C)(Nc1ccccc1)c1ccc(F)c(Cl)c1. The van der Waals surface area contributed by atoms with E-state index in [1.807, 2.05) is 30.3 Å². The second-order valence-corrected chi connectivity index (χ2v) is 5.14. The van der Waals surface area contributed by atoms with Gasteiger partial charge in [-0.05, 0) is 36.8 Å². The number of methoxy groups -OCH3 is 1. The topological polar surface area (TPSA) is 38.3 Å². The lowest BCUT2D eigenvalue weighted by Gasteiger charge is -2.29. The molecule has 0 saturated carbocycles. The number of anilines is 1. The van der Waals surface area contributed by atoms with Gasteiger partial charge >= 0.3 is 5.97 Å². The quantitative estimate of drug-likeness (QED) is 0.868. The van der Waals surface area contributed by atoms with Crippen LogP contribution in [0.2, 0.25) is 5.02 Å². The van der Waals surface area contributed by atoms with Gasteiger partial charge in [-0.3, -0.25) is 0 Å². The van der Waals surface area contributed by atoms with E-state index < -0.39 is 17.3 Å². The van der Waals surface area contributed by atoms with Gasteiger partial charge in [-0.1, -0.05) is 35.9 Å². The normalized spacial score (nSPS) is 13.3. The zero-order valence-corrected chi connectivity index (χ0v) is 12.4. The number of hydrogen-bond donors (Lipinski definition) is 1. The predicted molar refractivity (Wildman–Crippen MR) is 80.8 cm³/mol. The van der Waals surface area contributed by atoms with E-state index in [1.165, 1.54) is 25.3 Å². The summed E-state index contributed by atoms with van der Waals surface area (Å²) in [6.45, 7) is 1.66. The number of rotatable bonds is 4. The van der Waals surface area contributed by atoms with Gasteiger partial charge in [-0.25, -0.2) is 9.18 Å². The van der Waals surface area contributed by atoms with Crippen molar-refractivity contribution in [2.24, 2.45) is 0 Å². The Hall–Kier alpha value is -2.07. The highest BCUT2D eigenvalue weighted by Crippen LogP contribution is 2.30. The molecule has 1 unspecified atom stereocenters. The molecule has 0 saturated heterocycles. The number of halogens is 2. The standard InChI is InChI=1S/C16H15ClFNO2/c1-16(15(20)21-2,19-12-6-4-3-5-7-12)11-8-9-14(18)13(17)10-11/h3-10,19H,1-2H3. The van der Waals surface area contributed by atoms with Gasteiger partial charge in [0.05, 0.1) is 12.1 Å². The second kappa shape index (κ2) is 6.14. The first-order chi connectivity index (χ1) is 9.97. The number of nitrogens with one attached hydrogen (secondary N) is 1. The number of carbonyl (C=O) groups excluding carboxylic acids is 1. The van der Waals surface area contributed by atoms with Crippen molar-refractivity contribution in [1.82, 2.24) is 0 Å². The van der Waals surface area contributed by atoms with Crippen LogP contribution in [0.1, 0.15) is 12.5 Å². The molecule has 21 heavy (non-hydrogen) atoms. The lowest BCUT2D eigenvalue weighted by Crippen LogP contribution is -2.41. The molecule has 2 rings (SSSR count). The van der Waals surface area contributed by atoms with Crippen molar-refractivity contribution in [3.63, 3.8) is 0 Å². The summed E-state index contributed by atoms with van der Waals surface area (Å²) in [7, 11) is 1.30. The summed E-state index contributed by atoms with van der Waals surface area (Å²) >= 11 is 5.82. The Morgan fingerprint density at radius 2 is 1.90 bits per heavy atom. The van der Waals surface area contributed by atoms with E-state index in [0.717, 1.165) is 5.69 Å². The minimum atomic E-state index is -1.17. The Morgan fingerprint density at radius 1 is 1.24 bits per heavy atom. The van der Waals surface area contributed by atoms with Crippen molar-refractivity contribution in [3.05, 3.63) is 64.9 Å². The molecular weight excluding hydrogens is 293 g/mol. The van der Waals surface area contributed by atoms with Crippen molar-refractivity contribution >= 4 is 23.3 Å². The molecule has 0 fully saturated rings. The fourth-order valence-electron chi connectivity index (χ4n) is 2.06. The summed E-state index contributed by atoms with van der Waals surface area (Å²) in [5, 5.41) is 3.07. The number of esters is 1. The molecule has 0 aliphatic heterocycles. The van der Waals surface area contributed by atoms with Crippen LogP contribution in [0.4, 0.5) is 10.1 Å². The molecule has 0 bridgehead atoms. The van der Waals surface area contributed by atoms with Crippen molar-refractivity contribution in [1.29, 1.82) is 0 Å². The predicted octanol–water partition coefficient (Wildman–Crippen LogP) is 3.98. The maximum Gasteiger partial charge on any atom is 0.335 e. The number of hydrogen-bond acceptors (Lipinski definition) is 3. The lowest BCUT2D eigenvalue weighted by atomic mass is 9.91. The van der Waals surface area contributed by atoms with Crippen LogP contribution < -0.4 is 5.32 Å². The summed E-state index contributed by atoms with van der Waals surface area (Å²) in [4.78, 5) is 12.2. The highest BCUT2D eigenvalue weighted by Gasteiger charge is 2.37. The van der Waals surface area contributed by atoms with Crippen LogP contribution >= 0.6 is 11.6 Å². The third-order valence-electron chi connectivity index (χ3n) is 3.26. The molecular formula is C16H15ClFNO2. The Balaban J connectivity index is 2.46. The average molecular weight is 308 g/mol. The fraction of sp³-hybridized carbons (Fsp3) is 0.188. The van der Waals surface area contributed by atoms with E-state index in [2.05, 4.69) is 5.32 Å². The van der Waals surface area contributed by atoms with E-state index in [-0.39, 0.29) is 5.02 Å². The van der Waals surface area contributed by atoms with E-state index in [9.17, 15) is 9.18 Å². The first-order valence-electron chi connectivity index (χ1n) is 6.34. The summed E-state index contributed by atoms with van der Waals surface area (Å²) in [6, 6.07) is 13.4. The number of benzene rings is 2. The lowest BCUT2D eigenvalue weighted by molar-refractivity contribution is -0.145. The maximum atomic E-state index is 13.3. The molecule has 0 aromatic heterocycles. The molecule has 0 aliphatic carbocycles. The average Bonchev–Trinajstić information content (AvgIpc) is 2.50. The Kier molecular flexibility index (Phi) is 4.48. The van der Waals surface area contributed by atoms with Gasteiger partial charge in [0, 0.05) is 5.69 Å². The number of carbonyl (C=O) groups is 1. The largest absolute Gasteiger partial charge is 0.467 e. The molecule has 3 nitrogen and oxygen atoms in total. The van der Waals surface area contributed by atoms with E-state index in [1.54, 1.807) is 6.92 Å². The van der Waals surface area contributed by atoms with Gasteiger partial charge in [-0.15, -0.1) is 0 Å². The Bertz CT molecular complexity index is 648. The maximum absolute atomic E-state index is 13.3. The van der Waals surface area contributed by atoms with E-state index in [0.29, 0.717) is 5.56 Å². The smallest absolute Gasteiger partial charge is 0.335 e. The molecule has 2 aromatic rings. The van der Waals surface area contributed by atoms with Gasteiger partial charge in [0.2, 0.25) is 0 Å². The summed E-state index contributed by atoms with van der Waals surface area (Å²) in [6.07, 6.45) is 0. The number of ether oxygens (including phenoxy) is 1. The number of para-hydroxylation sites is 1. The van der Waals surface area contributed by atoms with E-state index in [4.69, 9.17) is 16.3 Å². The zero-order valence-electron chi connectivity index (χ0n) is 11.7. The van der Waals surface area contributed by atoms with Crippen LogP contribution in [0.15, 0.2) is 48.5 Å². The summed E-state index contributed by atoms with van der Waals surface area (Å²) < 4.78 is 18.2. The molecule has 0 aliphatic rings. The molecule has 1 atom stereocenters. The van der Waals surface area contributed by atoms with E-state index >= 15 is 0 Å². The van der Waals surface area contributed by atoms with Crippen molar-refractivity contribution < 1.29 is 13.9 Å². The van der Waals surface area contributed by atoms with Crippen LogP contribution in [-0.2, 0) is 15.1 Å². The minimum Gasteiger partial charge on any atom is -0.467 e. The highest BCUT2D eigenvalue weighted by molar-refractivity contribution is 6.30. The van der Waals surface area contributed by atoms with Crippen LogP contribution in [0.25, 0.3) is 0 Å². The third-order valence-corrected chi connectivity index (χ3v) is 3.55. The molecule has 0 amide bonds. The van der Waals surface area contributed by atoms with Crippen molar-refractivity contribution in [2.75, 3.05) is 12.4 Å². The molecule has 5 heteroatoms. The van der Waals surface area contributed by atoms with Crippen molar-refractivity contribution in [2.45, 2.75) is 12.5 Å². The first kappa shape index (κ1) is 15.3. The van der Waals surface area contributed by atoms with Gasteiger partial charge in [-0.2, -0.15) is 0 Å². The highest BCUT2D eigenvalue weighted by atomic mass is 35.5. The summed E-state index contributed by atoms with van der Waals surface area (Å²) in [5.41, 5.74) is 0.0865. The Labute approximate surface area is 127 Å². The molecule has 0 heterocycles. The molecule has 0 radical (unpaired) electrons. The second-order valence-electron chi connectivity index (χ2n) is 4.74. The molecule has 2 aromatic carbocycles. The summed E-state index contributed by atoms with van der Waals surface area (Å²) in [5.74, 6) is -1.03. The fourth-order valence-corrected chi connectivity index (χ4v) is 2.24. The van der Waals surface area contributed by atoms with Crippen LogP contribution in [0, 0.1) is 5.82 Å². The first-order valence-corrected chi connectivity index (χ1v) is 6.72. The van der Waals surface area contributed by atoms with Crippen LogP contribution in [0.5, 0.6) is 0 Å². The van der Waals surface area contributed by atoms with Gasteiger partial charge in [0.25, 0.3) is 0 Å². The zero-order chi connectivity index (χ0) is 15.5. The monoisotopic (exact) mass is 307 g/mol. The molecule has 1 N–H and O–H groups in total. The third kappa shape index (κ3) is 3.16. The minimum absolute atomic E-state index is 0.0440.